The highest BCUT2D eigenvalue weighted by Gasteiger charge is 2.28. The van der Waals surface area contributed by atoms with E-state index in [1.54, 1.807) is 31.3 Å². The highest BCUT2D eigenvalue weighted by Crippen LogP contribution is 2.21. The van der Waals surface area contributed by atoms with Crippen molar-refractivity contribution in [1.29, 1.82) is 0 Å². The van der Waals surface area contributed by atoms with Crippen molar-refractivity contribution >= 4 is 23.4 Å². The SMILES string of the molecule is Cc1cc(C)c(NC(=O)CN(C)C(=O)C(NC(=O)c2ccccc2)C(C)C)c(C)c1. The lowest BCUT2D eigenvalue weighted by Crippen LogP contribution is -2.51. The van der Waals surface area contributed by atoms with Crippen molar-refractivity contribution in [3.05, 3.63) is 64.7 Å². The molecule has 0 aliphatic heterocycles. The Labute approximate surface area is 178 Å². The maximum Gasteiger partial charge on any atom is 0.251 e. The van der Waals surface area contributed by atoms with E-state index < -0.39 is 6.04 Å². The lowest BCUT2D eigenvalue weighted by Gasteiger charge is -2.27. The van der Waals surface area contributed by atoms with Crippen LogP contribution in [0.2, 0.25) is 0 Å². The molecule has 2 aromatic rings. The summed E-state index contributed by atoms with van der Waals surface area (Å²) >= 11 is 0. The molecule has 3 amide bonds. The molecule has 0 radical (unpaired) electrons. The van der Waals surface area contributed by atoms with E-state index in [9.17, 15) is 14.4 Å². The average molecular weight is 410 g/mol. The fourth-order valence-electron chi connectivity index (χ4n) is 3.41. The van der Waals surface area contributed by atoms with Gasteiger partial charge in [0.1, 0.15) is 6.04 Å². The number of carbonyl (C=O) groups excluding carboxylic acids is 3. The highest BCUT2D eigenvalue weighted by atomic mass is 16.2. The predicted octanol–water partition coefficient (Wildman–Crippen LogP) is 3.46. The van der Waals surface area contributed by atoms with Crippen LogP contribution in [0.3, 0.4) is 0 Å². The minimum atomic E-state index is -0.724. The Morgan fingerprint density at radius 3 is 2.07 bits per heavy atom. The zero-order chi connectivity index (χ0) is 22.4. The first kappa shape index (κ1) is 23.1. The van der Waals surface area contributed by atoms with Gasteiger partial charge in [0.2, 0.25) is 11.8 Å². The summed E-state index contributed by atoms with van der Waals surface area (Å²) in [6, 6.07) is 12.0. The normalized spacial score (nSPS) is 11.7. The first-order chi connectivity index (χ1) is 14.1. The van der Waals surface area contributed by atoms with Crippen molar-refractivity contribution in [3.8, 4) is 0 Å². The molecule has 2 rings (SSSR count). The quantitative estimate of drug-likeness (QED) is 0.735. The maximum absolute atomic E-state index is 12.9. The molecule has 0 aliphatic carbocycles. The number of likely N-dealkylation sites (N-methyl/N-ethyl adjacent to an activating group) is 1. The summed E-state index contributed by atoms with van der Waals surface area (Å²) < 4.78 is 0. The summed E-state index contributed by atoms with van der Waals surface area (Å²) in [6.07, 6.45) is 0. The van der Waals surface area contributed by atoms with Crippen molar-refractivity contribution in [1.82, 2.24) is 10.2 Å². The molecule has 6 heteroatoms. The molecule has 0 aromatic heterocycles. The summed E-state index contributed by atoms with van der Waals surface area (Å²) in [5.74, 6) is -1.02. The smallest absolute Gasteiger partial charge is 0.251 e. The van der Waals surface area contributed by atoms with Gasteiger partial charge in [-0.25, -0.2) is 0 Å². The van der Waals surface area contributed by atoms with Crippen molar-refractivity contribution < 1.29 is 14.4 Å². The van der Waals surface area contributed by atoms with Gasteiger partial charge in [-0.3, -0.25) is 14.4 Å². The first-order valence-corrected chi connectivity index (χ1v) is 10.1. The minimum Gasteiger partial charge on any atom is -0.340 e. The fourth-order valence-corrected chi connectivity index (χ4v) is 3.41. The first-order valence-electron chi connectivity index (χ1n) is 10.1. The molecular weight excluding hydrogens is 378 g/mol. The number of nitrogens with one attached hydrogen (secondary N) is 2. The standard InChI is InChI=1S/C24H31N3O3/c1-15(2)21(26-23(29)19-10-8-7-9-11-19)24(30)27(6)14-20(28)25-22-17(4)12-16(3)13-18(22)5/h7-13,15,21H,14H2,1-6H3,(H,25,28)(H,26,29). The van der Waals surface area contributed by atoms with Gasteiger partial charge in [-0.15, -0.1) is 0 Å². The monoisotopic (exact) mass is 409 g/mol. The second kappa shape index (κ2) is 10.1. The van der Waals surface area contributed by atoms with Gasteiger partial charge in [0.15, 0.2) is 0 Å². The Bertz CT molecular complexity index is 900. The Kier molecular flexibility index (Phi) is 7.75. The van der Waals surface area contributed by atoms with E-state index in [4.69, 9.17) is 0 Å². The number of anilines is 1. The number of carbonyl (C=O) groups is 3. The van der Waals surface area contributed by atoms with E-state index in [0.29, 0.717) is 5.56 Å². The van der Waals surface area contributed by atoms with E-state index >= 15 is 0 Å². The molecule has 0 aliphatic rings. The number of aryl methyl sites for hydroxylation is 3. The third-order valence-corrected chi connectivity index (χ3v) is 4.95. The van der Waals surface area contributed by atoms with Crippen LogP contribution in [-0.2, 0) is 9.59 Å². The molecule has 0 spiro atoms. The zero-order valence-electron chi connectivity index (χ0n) is 18.6. The summed E-state index contributed by atoms with van der Waals surface area (Å²) in [5.41, 5.74) is 4.34. The van der Waals surface area contributed by atoms with Gasteiger partial charge >= 0.3 is 0 Å². The number of benzene rings is 2. The number of hydrogen-bond donors (Lipinski definition) is 2. The second-order valence-electron chi connectivity index (χ2n) is 8.08. The summed E-state index contributed by atoms with van der Waals surface area (Å²) in [4.78, 5) is 39.4. The molecule has 6 nitrogen and oxygen atoms in total. The topological polar surface area (TPSA) is 78.5 Å². The van der Waals surface area contributed by atoms with Gasteiger partial charge < -0.3 is 15.5 Å². The maximum atomic E-state index is 12.9. The van der Waals surface area contributed by atoms with Crippen molar-refractivity contribution in [2.75, 3.05) is 18.9 Å². The molecule has 0 saturated heterocycles. The Balaban J connectivity index is 2.05. The Morgan fingerprint density at radius 1 is 0.967 bits per heavy atom. The van der Waals surface area contributed by atoms with Gasteiger partial charge in [0.25, 0.3) is 5.91 Å². The van der Waals surface area contributed by atoms with Crippen LogP contribution in [0, 0.1) is 26.7 Å². The van der Waals surface area contributed by atoms with Crippen LogP contribution in [0.15, 0.2) is 42.5 Å². The van der Waals surface area contributed by atoms with Crippen molar-refractivity contribution in [2.45, 2.75) is 40.7 Å². The molecule has 30 heavy (non-hydrogen) atoms. The molecule has 0 heterocycles. The van der Waals surface area contributed by atoms with Gasteiger partial charge in [-0.05, 0) is 49.9 Å². The number of nitrogens with zero attached hydrogens (tertiary/aromatic N) is 1. The molecular formula is C24H31N3O3. The molecule has 1 atom stereocenters. The highest BCUT2D eigenvalue weighted by molar-refractivity contribution is 5.99. The van der Waals surface area contributed by atoms with Crippen LogP contribution in [0.5, 0.6) is 0 Å². The van der Waals surface area contributed by atoms with Crippen molar-refractivity contribution in [3.63, 3.8) is 0 Å². The van der Waals surface area contributed by atoms with Crippen molar-refractivity contribution in [2.24, 2.45) is 5.92 Å². The predicted molar refractivity (Wildman–Crippen MR) is 119 cm³/mol. The molecule has 0 fully saturated rings. The molecule has 0 saturated carbocycles. The average Bonchev–Trinajstić information content (AvgIpc) is 2.68. The molecule has 0 bridgehead atoms. The lowest BCUT2D eigenvalue weighted by molar-refractivity contribution is -0.135. The van der Waals surface area contributed by atoms with E-state index in [2.05, 4.69) is 10.6 Å². The van der Waals surface area contributed by atoms with Crippen LogP contribution in [0.25, 0.3) is 0 Å². The van der Waals surface area contributed by atoms with E-state index in [1.807, 2.05) is 52.8 Å². The molecule has 2 aromatic carbocycles. The number of hydrogen-bond acceptors (Lipinski definition) is 3. The van der Waals surface area contributed by atoms with Crippen LogP contribution < -0.4 is 10.6 Å². The Hall–Kier alpha value is -3.15. The third-order valence-electron chi connectivity index (χ3n) is 4.95. The molecule has 160 valence electrons. The minimum absolute atomic E-state index is 0.101. The van der Waals surface area contributed by atoms with Crippen LogP contribution in [0.4, 0.5) is 5.69 Å². The largest absolute Gasteiger partial charge is 0.340 e. The number of amides is 3. The Morgan fingerprint density at radius 2 is 1.53 bits per heavy atom. The molecule has 2 N–H and O–H groups in total. The van der Waals surface area contributed by atoms with Crippen LogP contribution in [-0.4, -0.2) is 42.3 Å². The van der Waals surface area contributed by atoms with Gasteiger partial charge in [0, 0.05) is 18.3 Å². The third kappa shape index (κ3) is 5.92. The van der Waals surface area contributed by atoms with Gasteiger partial charge in [0.05, 0.1) is 6.54 Å². The van der Waals surface area contributed by atoms with Crippen LogP contribution in [0.1, 0.15) is 40.9 Å². The van der Waals surface area contributed by atoms with E-state index in [-0.39, 0.29) is 30.2 Å². The van der Waals surface area contributed by atoms with E-state index in [1.165, 1.54) is 4.90 Å². The van der Waals surface area contributed by atoms with Crippen LogP contribution >= 0.6 is 0 Å². The summed E-state index contributed by atoms with van der Waals surface area (Å²) in [5, 5.41) is 5.71. The molecule has 1 unspecified atom stereocenters. The fraction of sp³-hybridized carbons (Fsp3) is 0.375. The summed E-state index contributed by atoms with van der Waals surface area (Å²) in [6.45, 7) is 9.52. The van der Waals surface area contributed by atoms with Gasteiger partial charge in [-0.2, -0.15) is 0 Å². The van der Waals surface area contributed by atoms with Gasteiger partial charge in [-0.1, -0.05) is 49.7 Å². The lowest BCUT2D eigenvalue weighted by atomic mass is 10.0. The number of rotatable bonds is 7. The summed E-state index contributed by atoms with van der Waals surface area (Å²) in [7, 11) is 1.57. The second-order valence-corrected chi connectivity index (χ2v) is 8.08. The zero-order valence-corrected chi connectivity index (χ0v) is 18.6. The van der Waals surface area contributed by atoms with E-state index in [0.717, 1.165) is 22.4 Å².